The fourth-order valence-corrected chi connectivity index (χ4v) is 5.61. The van der Waals surface area contributed by atoms with Crippen LogP contribution in [0.5, 0.6) is 0 Å². The lowest BCUT2D eigenvalue weighted by Crippen LogP contribution is -2.51. The lowest BCUT2D eigenvalue weighted by atomic mass is 9.97. The van der Waals surface area contributed by atoms with E-state index < -0.39 is 16.1 Å². The largest absolute Gasteiger partial charge is 0.341 e. The van der Waals surface area contributed by atoms with Gasteiger partial charge in [-0.3, -0.25) is 4.79 Å². The third kappa shape index (κ3) is 4.39. The summed E-state index contributed by atoms with van der Waals surface area (Å²) in [4.78, 5) is 15.2. The maximum Gasteiger partial charge on any atom is 0.243 e. The smallest absolute Gasteiger partial charge is 0.243 e. The number of halogens is 1. The third-order valence-corrected chi connectivity index (χ3v) is 7.08. The Bertz CT molecular complexity index is 697. The Morgan fingerprint density at radius 1 is 1.15 bits per heavy atom. The predicted octanol–water partition coefficient (Wildman–Crippen LogP) is 1.72. The first-order valence-corrected chi connectivity index (χ1v) is 10.5. The first-order valence-electron chi connectivity index (χ1n) is 9.04. The average molecular weight is 402 g/mol. The molecule has 2 heterocycles. The topological polar surface area (TPSA) is 69.7 Å². The monoisotopic (exact) mass is 401 g/mol. The summed E-state index contributed by atoms with van der Waals surface area (Å²) in [5.41, 5.74) is 0. The van der Waals surface area contributed by atoms with Crippen LogP contribution in [0.3, 0.4) is 0 Å². The van der Waals surface area contributed by atoms with Gasteiger partial charge in [-0.1, -0.05) is 18.2 Å². The molecular formula is C18H28ClN3O3S. The van der Waals surface area contributed by atoms with Crippen molar-refractivity contribution in [2.24, 2.45) is 5.92 Å². The molecule has 2 unspecified atom stereocenters. The van der Waals surface area contributed by atoms with Crippen LogP contribution in [0.15, 0.2) is 35.2 Å². The van der Waals surface area contributed by atoms with Crippen LogP contribution in [0, 0.1) is 5.92 Å². The number of benzene rings is 1. The molecule has 3 rings (SSSR count). The molecule has 0 saturated carbocycles. The van der Waals surface area contributed by atoms with Crippen molar-refractivity contribution < 1.29 is 13.2 Å². The highest BCUT2D eigenvalue weighted by atomic mass is 35.5. The number of carbonyl (C=O) groups is 1. The predicted molar refractivity (Wildman–Crippen MR) is 104 cm³/mol. The summed E-state index contributed by atoms with van der Waals surface area (Å²) in [5.74, 6) is 0.418. The maximum absolute atomic E-state index is 13.0. The van der Waals surface area contributed by atoms with E-state index in [1.165, 1.54) is 4.31 Å². The molecule has 26 heavy (non-hydrogen) atoms. The Morgan fingerprint density at radius 3 is 2.54 bits per heavy atom. The van der Waals surface area contributed by atoms with Gasteiger partial charge in [0.25, 0.3) is 0 Å². The van der Waals surface area contributed by atoms with E-state index in [2.05, 4.69) is 5.32 Å². The number of likely N-dealkylation sites (tertiary alicyclic amines) is 1. The van der Waals surface area contributed by atoms with Gasteiger partial charge in [0.2, 0.25) is 15.9 Å². The van der Waals surface area contributed by atoms with Crippen LogP contribution in [0.1, 0.15) is 25.7 Å². The molecule has 0 bridgehead atoms. The fraction of sp³-hybridized carbons (Fsp3) is 0.611. The molecule has 2 atom stereocenters. The number of rotatable bonds is 5. The quantitative estimate of drug-likeness (QED) is 0.815. The normalized spacial score (nSPS) is 24.3. The van der Waals surface area contributed by atoms with Crippen LogP contribution in [-0.2, 0) is 14.8 Å². The number of amides is 1. The molecule has 1 amide bonds. The minimum atomic E-state index is -3.62. The summed E-state index contributed by atoms with van der Waals surface area (Å²) < 4.78 is 27.3. The lowest BCUT2D eigenvalue weighted by Gasteiger charge is -2.36. The van der Waals surface area contributed by atoms with Gasteiger partial charge < -0.3 is 10.2 Å². The number of nitrogens with one attached hydrogen (secondary N) is 1. The molecule has 2 aliphatic rings. The van der Waals surface area contributed by atoms with Crippen LogP contribution >= 0.6 is 12.4 Å². The van der Waals surface area contributed by atoms with E-state index in [1.54, 1.807) is 30.3 Å². The molecule has 6 nitrogen and oxygen atoms in total. The summed E-state index contributed by atoms with van der Waals surface area (Å²) in [6.07, 6.45) is 3.44. The van der Waals surface area contributed by atoms with Crippen LogP contribution in [-0.4, -0.2) is 62.8 Å². The number of piperidine rings is 1. The minimum absolute atomic E-state index is 0. The zero-order valence-electron chi connectivity index (χ0n) is 15.1. The van der Waals surface area contributed by atoms with Crippen LogP contribution < -0.4 is 5.32 Å². The second-order valence-electron chi connectivity index (χ2n) is 6.94. The SMILES string of the molecule is CNCC1CCCN(C(=O)C2CCCN2S(=O)(=O)c2ccccc2)C1.Cl. The van der Waals surface area contributed by atoms with Crippen molar-refractivity contribution >= 4 is 28.3 Å². The second kappa shape index (κ2) is 9.17. The van der Waals surface area contributed by atoms with Crippen LogP contribution in [0.4, 0.5) is 0 Å². The van der Waals surface area contributed by atoms with E-state index in [4.69, 9.17) is 0 Å². The molecule has 2 fully saturated rings. The van der Waals surface area contributed by atoms with Crippen molar-refractivity contribution in [2.45, 2.75) is 36.6 Å². The Labute approximate surface area is 162 Å². The molecule has 146 valence electrons. The fourth-order valence-electron chi connectivity index (χ4n) is 3.93. The van der Waals surface area contributed by atoms with Gasteiger partial charge in [-0.05, 0) is 57.3 Å². The highest BCUT2D eigenvalue weighted by Gasteiger charge is 2.41. The summed E-state index contributed by atoms with van der Waals surface area (Å²) in [7, 11) is -1.70. The van der Waals surface area contributed by atoms with E-state index in [1.807, 2.05) is 11.9 Å². The molecule has 0 aliphatic carbocycles. The molecule has 1 aromatic rings. The number of hydrogen-bond donors (Lipinski definition) is 1. The first kappa shape index (κ1) is 21.2. The van der Waals surface area contributed by atoms with Crippen LogP contribution in [0.25, 0.3) is 0 Å². The molecule has 0 aromatic heterocycles. The Hall–Kier alpha value is -1.15. The van der Waals surface area contributed by atoms with E-state index in [0.717, 1.165) is 38.9 Å². The summed E-state index contributed by atoms with van der Waals surface area (Å²) in [6.45, 7) is 2.76. The highest BCUT2D eigenvalue weighted by Crippen LogP contribution is 2.28. The van der Waals surface area contributed by atoms with Gasteiger partial charge in [-0.2, -0.15) is 4.31 Å². The maximum atomic E-state index is 13.0. The first-order chi connectivity index (χ1) is 12.0. The van der Waals surface area contributed by atoms with Gasteiger partial charge >= 0.3 is 0 Å². The molecule has 1 aromatic carbocycles. The van der Waals surface area contributed by atoms with Gasteiger partial charge in [0.05, 0.1) is 4.90 Å². The van der Waals surface area contributed by atoms with E-state index in [-0.39, 0.29) is 23.2 Å². The number of nitrogens with zero attached hydrogens (tertiary/aromatic N) is 2. The number of carbonyl (C=O) groups excluding carboxylic acids is 1. The molecule has 8 heteroatoms. The Kier molecular flexibility index (Phi) is 7.46. The lowest BCUT2D eigenvalue weighted by molar-refractivity contribution is -0.136. The summed E-state index contributed by atoms with van der Waals surface area (Å²) >= 11 is 0. The average Bonchev–Trinajstić information content (AvgIpc) is 3.13. The number of hydrogen-bond acceptors (Lipinski definition) is 4. The van der Waals surface area contributed by atoms with Gasteiger partial charge in [0.15, 0.2) is 0 Å². The van der Waals surface area contributed by atoms with Gasteiger partial charge in [0, 0.05) is 19.6 Å². The van der Waals surface area contributed by atoms with Crippen molar-refractivity contribution in [3.8, 4) is 0 Å². The van der Waals surface area contributed by atoms with Gasteiger partial charge in [-0.15, -0.1) is 12.4 Å². The molecule has 2 aliphatic heterocycles. The van der Waals surface area contributed by atoms with Crippen molar-refractivity contribution in [3.05, 3.63) is 30.3 Å². The van der Waals surface area contributed by atoms with Gasteiger partial charge in [-0.25, -0.2) is 8.42 Å². The van der Waals surface area contributed by atoms with Crippen molar-refractivity contribution in [2.75, 3.05) is 33.2 Å². The number of sulfonamides is 1. The molecule has 1 N–H and O–H groups in total. The molecular weight excluding hydrogens is 374 g/mol. The molecule has 0 spiro atoms. The van der Waals surface area contributed by atoms with E-state index in [0.29, 0.717) is 18.9 Å². The summed E-state index contributed by atoms with van der Waals surface area (Å²) in [5, 5.41) is 3.18. The van der Waals surface area contributed by atoms with E-state index >= 15 is 0 Å². The van der Waals surface area contributed by atoms with E-state index in [9.17, 15) is 13.2 Å². The highest BCUT2D eigenvalue weighted by molar-refractivity contribution is 7.89. The summed E-state index contributed by atoms with van der Waals surface area (Å²) in [6, 6.07) is 7.86. The van der Waals surface area contributed by atoms with Gasteiger partial charge in [0.1, 0.15) is 6.04 Å². The molecule has 0 radical (unpaired) electrons. The van der Waals surface area contributed by atoms with Crippen molar-refractivity contribution in [1.82, 2.24) is 14.5 Å². The zero-order valence-corrected chi connectivity index (χ0v) is 16.8. The second-order valence-corrected chi connectivity index (χ2v) is 8.83. The van der Waals surface area contributed by atoms with Crippen molar-refractivity contribution in [3.63, 3.8) is 0 Å². The zero-order chi connectivity index (χ0) is 17.9. The third-order valence-electron chi connectivity index (χ3n) is 5.16. The Morgan fingerprint density at radius 2 is 1.85 bits per heavy atom. The van der Waals surface area contributed by atoms with Crippen molar-refractivity contribution in [1.29, 1.82) is 0 Å². The molecule has 2 saturated heterocycles. The minimum Gasteiger partial charge on any atom is -0.341 e. The standard InChI is InChI=1S/C18H27N3O3S.ClH/c1-19-13-15-7-5-11-20(14-15)18(22)17-10-6-12-21(17)25(23,24)16-8-3-2-4-9-16;/h2-4,8-9,15,17,19H,5-7,10-14H2,1H3;1H. The van der Waals surface area contributed by atoms with Crippen LogP contribution in [0.2, 0.25) is 0 Å². The Balaban J connectivity index is 0.00000243.